The molecular weight excluding hydrogens is 304 g/mol. The quantitative estimate of drug-likeness (QED) is 0.936. The van der Waals surface area contributed by atoms with Gasteiger partial charge in [0.05, 0.1) is 12.2 Å². The maximum Gasteiger partial charge on any atom is 0.145 e. The number of rotatable bonds is 3. The monoisotopic (exact) mass is 326 g/mol. The average Bonchev–Trinajstić information content (AvgIpc) is 2.61. The summed E-state index contributed by atoms with van der Waals surface area (Å²) in [6.07, 6.45) is 0. The molecule has 24 heavy (non-hydrogen) atoms. The lowest BCUT2D eigenvalue weighted by atomic mass is 10.0. The maximum absolute atomic E-state index is 6.13. The summed E-state index contributed by atoms with van der Waals surface area (Å²) in [6.45, 7) is 7.65. The lowest BCUT2D eigenvalue weighted by Gasteiger charge is -2.31. The Balaban J connectivity index is 1.57. The van der Waals surface area contributed by atoms with Gasteiger partial charge in [-0.2, -0.15) is 0 Å². The minimum Gasteiger partial charge on any atom is -0.489 e. The number of fused-ring (bicyclic) bond motifs is 2. The van der Waals surface area contributed by atoms with E-state index in [0.717, 1.165) is 41.5 Å². The van der Waals surface area contributed by atoms with Gasteiger partial charge in [-0.1, -0.05) is 12.1 Å². The molecule has 2 aliphatic rings. The van der Waals surface area contributed by atoms with Crippen LogP contribution in [0.15, 0.2) is 30.3 Å². The normalized spacial score (nSPS) is 15.7. The molecule has 0 saturated carbocycles. The number of hydrogen-bond acceptors (Lipinski definition) is 5. The Kier molecular flexibility index (Phi) is 3.94. The molecule has 2 heterocycles. The van der Waals surface area contributed by atoms with E-state index in [2.05, 4.69) is 25.2 Å². The van der Waals surface area contributed by atoms with E-state index in [9.17, 15) is 0 Å². The second kappa shape index (κ2) is 6.24. The molecule has 5 heteroatoms. The molecule has 0 amide bonds. The van der Waals surface area contributed by atoms with Crippen LogP contribution in [-0.2, 0) is 11.4 Å². The zero-order valence-electron chi connectivity index (χ0n) is 14.1. The van der Waals surface area contributed by atoms with Crippen molar-refractivity contribution < 1.29 is 14.3 Å². The SMILES string of the molecule is Cc1cc2c(c(C)c1CON1CCOc3ccccc31)OCCN2. The van der Waals surface area contributed by atoms with Crippen molar-refractivity contribution in [1.29, 1.82) is 0 Å². The van der Waals surface area contributed by atoms with Crippen molar-refractivity contribution in [1.82, 2.24) is 0 Å². The fraction of sp³-hybridized carbons (Fsp3) is 0.368. The number of hydroxylamine groups is 1. The third kappa shape index (κ3) is 2.65. The Hall–Kier alpha value is -2.40. The first kappa shape index (κ1) is 15.1. The fourth-order valence-electron chi connectivity index (χ4n) is 3.30. The molecule has 0 unspecified atom stereocenters. The number of aryl methyl sites for hydroxylation is 1. The van der Waals surface area contributed by atoms with E-state index in [-0.39, 0.29) is 0 Å². The van der Waals surface area contributed by atoms with E-state index in [1.54, 1.807) is 0 Å². The first-order valence-electron chi connectivity index (χ1n) is 8.36. The first-order valence-corrected chi connectivity index (χ1v) is 8.36. The standard InChI is InChI=1S/C19H22N2O3/c1-13-11-16-19(23-9-7-20-16)14(2)15(13)12-24-21-8-10-22-18-6-4-3-5-17(18)21/h3-6,11,20H,7-10,12H2,1-2H3. The molecule has 0 saturated heterocycles. The number of ether oxygens (including phenoxy) is 2. The van der Waals surface area contributed by atoms with Crippen LogP contribution in [0.2, 0.25) is 0 Å². The van der Waals surface area contributed by atoms with Crippen LogP contribution >= 0.6 is 0 Å². The summed E-state index contributed by atoms with van der Waals surface area (Å²) < 4.78 is 11.5. The van der Waals surface area contributed by atoms with Crippen molar-refractivity contribution in [3.63, 3.8) is 0 Å². The Morgan fingerprint density at radius 3 is 2.96 bits per heavy atom. The van der Waals surface area contributed by atoms with Crippen molar-refractivity contribution in [3.8, 4) is 11.5 Å². The highest BCUT2D eigenvalue weighted by Crippen LogP contribution is 2.36. The van der Waals surface area contributed by atoms with Crippen LogP contribution < -0.4 is 19.9 Å². The van der Waals surface area contributed by atoms with Gasteiger partial charge in [0.25, 0.3) is 0 Å². The molecule has 0 atom stereocenters. The molecule has 0 radical (unpaired) electrons. The van der Waals surface area contributed by atoms with E-state index < -0.39 is 0 Å². The Labute approximate surface area is 142 Å². The van der Waals surface area contributed by atoms with Gasteiger partial charge in [-0.05, 0) is 48.7 Å². The fourth-order valence-corrected chi connectivity index (χ4v) is 3.30. The van der Waals surface area contributed by atoms with Crippen LogP contribution in [0.5, 0.6) is 11.5 Å². The van der Waals surface area contributed by atoms with E-state index in [4.69, 9.17) is 14.3 Å². The number of nitrogens with zero attached hydrogens (tertiary/aromatic N) is 1. The molecule has 0 aromatic heterocycles. The number of benzene rings is 2. The van der Waals surface area contributed by atoms with Gasteiger partial charge in [-0.3, -0.25) is 4.84 Å². The Bertz CT molecular complexity index is 761. The van der Waals surface area contributed by atoms with Gasteiger partial charge in [0.1, 0.15) is 37.0 Å². The van der Waals surface area contributed by atoms with Gasteiger partial charge < -0.3 is 14.8 Å². The molecule has 0 bridgehead atoms. The molecular formula is C19H22N2O3. The smallest absolute Gasteiger partial charge is 0.145 e. The summed E-state index contributed by atoms with van der Waals surface area (Å²) in [7, 11) is 0. The van der Waals surface area contributed by atoms with E-state index >= 15 is 0 Å². The summed E-state index contributed by atoms with van der Waals surface area (Å²) in [6, 6.07) is 10.1. The van der Waals surface area contributed by atoms with Gasteiger partial charge in [0, 0.05) is 6.54 Å². The van der Waals surface area contributed by atoms with Gasteiger partial charge in [-0.25, -0.2) is 5.06 Å². The minimum atomic E-state index is 0.517. The molecule has 4 rings (SSSR count). The summed E-state index contributed by atoms with van der Waals surface area (Å²) >= 11 is 0. The molecule has 5 nitrogen and oxygen atoms in total. The van der Waals surface area contributed by atoms with Crippen LogP contribution in [-0.4, -0.2) is 26.3 Å². The predicted octanol–water partition coefficient (Wildman–Crippen LogP) is 3.44. The highest BCUT2D eigenvalue weighted by Gasteiger charge is 2.21. The molecule has 0 fully saturated rings. The second-order valence-corrected chi connectivity index (χ2v) is 6.14. The maximum atomic E-state index is 6.13. The topological polar surface area (TPSA) is 43.0 Å². The van der Waals surface area contributed by atoms with Gasteiger partial charge in [0.2, 0.25) is 0 Å². The molecule has 126 valence electrons. The first-order chi connectivity index (χ1) is 11.7. The van der Waals surface area contributed by atoms with E-state index in [1.165, 1.54) is 11.1 Å². The van der Waals surface area contributed by atoms with Crippen molar-refractivity contribution in [2.75, 3.05) is 36.7 Å². The average molecular weight is 326 g/mol. The number of hydrogen-bond donors (Lipinski definition) is 1. The van der Waals surface area contributed by atoms with Crippen LogP contribution in [0.1, 0.15) is 16.7 Å². The summed E-state index contributed by atoms with van der Waals surface area (Å²) in [5.74, 6) is 1.82. The summed E-state index contributed by atoms with van der Waals surface area (Å²) in [5.41, 5.74) is 5.61. The van der Waals surface area contributed by atoms with Crippen molar-refractivity contribution >= 4 is 11.4 Å². The van der Waals surface area contributed by atoms with Crippen LogP contribution in [0, 0.1) is 13.8 Å². The lowest BCUT2D eigenvalue weighted by molar-refractivity contribution is 0.0759. The lowest BCUT2D eigenvalue weighted by Crippen LogP contribution is -2.32. The van der Waals surface area contributed by atoms with Crippen LogP contribution in [0.25, 0.3) is 0 Å². The molecule has 0 aliphatic carbocycles. The molecule has 1 N–H and O–H groups in total. The highest BCUT2D eigenvalue weighted by molar-refractivity contribution is 5.65. The van der Waals surface area contributed by atoms with E-state index in [0.29, 0.717) is 19.8 Å². The third-order valence-electron chi connectivity index (χ3n) is 4.59. The highest BCUT2D eigenvalue weighted by atomic mass is 16.7. The zero-order chi connectivity index (χ0) is 16.5. The number of nitrogens with one attached hydrogen (secondary N) is 1. The van der Waals surface area contributed by atoms with Crippen molar-refractivity contribution in [3.05, 3.63) is 47.0 Å². The number of anilines is 2. The molecule has 2 aromatic rings. The van der Waals surface area contributed by atoms with Crippen molar-refractivity contribution in [2.45, 2.75) is 20.5 Å². The van der Waals surface area contributed by atoms with Gasteiger partial charge in [-0.15, -0.1) is 0 Å². The summed E-state index contributed by atoms with van der Waals surface area (Å²) in [5, 5.41) is 5.32. The Morgan fingerprint density at radius 1 is 1.17 bits per heavy atom. The molecule has 0 spiro atoms. The molecule has 2 aromatic carbocycles. The largest absolute Gasteiger partial charge is 0.489 e. The van der Waals surface area contributed by atoms with Gasteiger partial charge in [0.15, 0.2) is 0 Å². The molecule has 2 aliphatic heterocycles. The number of para-hydroxylation sites is 2. The second-order valence-electron chi connectivity index (χ2n) is 6.14. The Morgan fingerprint density at radius 2 is 2.04 bits per heavy atom. The van der Waals surface area contributed by atoms with Crippen molar-refractivity contribution in [2.24, 2.45) is 0 Å². The van der Waals surface area contributed by atoms with E-state index in [1.807, 2.05) is 29.3 Å². The zero-order valence-corrected chi connectivity index (χ0v) is 14.1. The third-order valence-corrected chi connectivity index (χ3v) is 4.59. The van der Waals surface area contributed by atoms with Gasteiger partial charge >= 0.3 is 0 Å². The van der Waals surface area contributed by atoms with Crippen LogP contribution in [0.4, 0.5) is 11.4 Å². The predicted molar refractivity (Wildman–Crippen MR) is 94.0 cm³/mol. The van der Waals surface area contributed by atoms with Crippen LogP contribution in [0.3, 0.4) is 0 Å². The summed E-state index contributed by atoms with van der Waals surface area (Å²) in [4.78, 5) is 6.13. The minimum absolute atomic E-state index is 0.517.